The van der Waals surface area contributed by atoms with Crippen LogP contribution < -0.4 is 5.32 Å². The third-order valence-corrected chi connectivity index (χ3v) is 4.55. The third kappa shape index (κ3) is 3.61. The molecule has 0 radical (unpaired) electrons. The number of anilines is 1. The van der Waals surface area contributed by atoms with Crippen molar-refractivity contribution in [1.82, 2.24) is 9.96 Å². The molecule has 2 atom stereocenters. The predicted molar refractivity (Wildman–Crippen MR) is 85.4 cm³/mol. The number of nitrogens with one attached hydrogen (secondary N) is 1. The van der Waals surface area contributed by atoms with Gasteiger partial charge in [0.05, 0.1) is 11.6 Å². The highest BCUT2D eigenvalue weighted by Gasteiger charge is 2.49. The summed E-state index contributed by atoms with van der Waals surface area (Å²) < 4.78 is 34.8. The maximum atomic E-state index is 12.5. The van der Waals surface area contributed by atoms with E-state index in [1.807, 2.05) is 0 Å². The molecule has 140 valence electrons. The van der Waals surface area contributed by atoms with E-state index in [0.29, 0.717) is 17.2 Å². The molecule has 11 nitrogen and oxygen atoms in total. The second-order valence-electron chi connectivity index (χ2n) is 5.88. The Bertz CT molecular complexity index is 853. The number of rotatable bonds is 5. The minimum absolute atomic E-state index is 0.0660. The van der Waals surface area contributed by atoms with Crippen LogP contribution in [0.2, 0.25) is 0 Å². The molecular weight excluding hydrogens is 370 g/mol. The van der Waals surface area contributed by atoms with Crippen LogP contribution in [-0.4, -0.2) is 64.6 Å². The molecule has 3 amide bonds. The number of amides is 3. The fourth-order valence-corrected chi connectivity index (χ4v) is 3.41. The summed E-state index contributed by atoms with van der Waals surface area (Å²) in [5.41, 5.74) is 0.427. The molecule has 0 aliphatic carbocycles. The number of fused-ring (bicyclic) bond motifs is 2. The normalized spacial score (nSPS) is 22.4. The fraction of sp³-hybridized carbons (Fsp3) is 0.357. The van der Waals surface area contributed by atoms with Gasteiger partial charge in [-0.1, -0.05) is 0 Å². The van der Waals surface area contributed by atoms with Crippen molar-refractivity contribution in [3.05, 3.63) is 29.8 Å². The monoisotopic (exact) mass is 385 g/mol. The summed E-state index contributed by atoms with van der Waals surface area (Å²) in [4.78, 5) is 36.7. The zero-order valence-electron chi connectivity index (χ0n) is 13.2. The van der Waals surface area contributed by atoms with Crippen LogP contribution in [-0.2, 0) is 19.5 Å². The Kier molecular flexibility index (Phi) is 4.56. The van der Waals surface area contributed by atoms with Crippen LogP contribution in [0.3, 0.4) is 0 Å². The topological polar surface area (TPSA) is 154 Å². The molecule has 2 bridgehead atoms. The molecular formula is C14H15N3O8S. The lowest BCUT2D eigenvalue weighted by molar-refractivity contribution is -0.120. The molecule has 1 aromatic carbocycles. The van der Waals surface area contributed by atoms with Gasteiger partial charge in [-0.05, 0) is 37.1 Å². The van der Waals surface area contributed by atoms with E-state index in [9.17, 15) is 22.8 Å². The van der Waals surface area contributed by atoms with Crippen LogP contribution in [0.1, 0.15) is 23.2 Å². The summed E-state index contributed by atoms with van der Waals surface area (Å²) in [6, 6.07) is 3.26. The zero-order valence-corrected chi connectivity index (χ0v) is 14.0. The Morgan fingerprint density at radius 3 is 2.42 bits per heavy atom. The molecule has 2 fully saturated rings. The Labute approximate surface area is 148 Å². The summed E-state index contributed by atoms with van der Waals surface area (Å²) in [6.07, 6.45) is 0.592. The maximum Gasteiger partial charge on any atom is 0.418 e. The number of carboxylic acid groups (broad SMARTS) is 1. The van der Waals surface area contributed by atoms with E-state index in [1.54, 1.807) is 0 Å². The third-order valence-electron chi connectivity index (χ3n) is 4.20. The first-order valence-electron chi connectivity index (χ1n) is 7.57. The Balaban J connectivity index is 1.69. The minimum Gasteiger partial charge on any atom is -0.478 e. The van der Waals surface area contributed by atoms with Gasteiger partial charge in [0.25, 0.3) is 0 Å². The lowest BCUT2D eigenvalue weighted by Gasteiger charge is -2.29. The molecule has 3 rings (SSSR count). The van der Waals surface area contributed by atoms with Gasteiger partial charge in [-0.15, -0.1) is 4.28 Å². The van der Waals surface area contributed by atoms with Gasteiger partial charge in [0.15, 0.2) is 0 Å². The van der Waals surface area contributed by atoms with Gasteiger partial charge in [-0.3, -0.25) is 9.35 Å². The summed E-state index contributed by atoms with van der Waals surface area (Å²) in [5, 5.41) is 12.0. The molecule has 0 spiro atoms. The zero-order chi connectivity index (χ0) is 19.1. The van der Waals surface area contributed by atoms with E-state index in [0.717, 1.165) is 0 Å². The van der Waals surface area contributed by atoms with E-state index in [2.05, 4.69) is 9.60 Å². The highest BCUT2D eigenvalue weighted by molar-refractivity contribution is 7.80. The molecule has 12 heteroatoms. The first kappa shape index (κ1) is 18.1. The van der Waals surface area contributed by atoms with Gasteiger partial charge < -0.3 is 15.3 Å². The Morgan fingerprint density at radius 2 is 1.85 bits per heavy atom. The first-order valence-corrected chi connectivity index (χ1v) is 8.93. The van der Waals surface area contributed by atoms with Crippen LogP contribution in [0.4, 0.5) is 10.5 Å². The fourth-order valence-electron chi connectivity index (χ4n) is 3.03. The van der Waals surface area contributed by atoms with E-state index >= 15 is 0 Å². The van der Waals surface area contributed by atoms with Crippen molar-refractivity contribution in [2.75, 3.05) is 11.9 Å². The average molecular weight is 385 g/mol. The first-order chi connectivity index (χ1) is 12.2. The lowest BCUT2D eigenvalue weighted by atomic mass is 10.00. The number of benzene rings is 1. The summed E-state index contributed by atoms with van der Waals surface area (Å²) in [7, 11) is -4.85. The van der Waals surface area contributed by atoms with E-state index < -0.39 is 40.4 Å². The molecule has 26 heavy (non-hydrogen) atoms. The highest BCUT2D eigenvalue weighted by Crippen LogP contribution is 2.31. The summed E-state index contributed by atoms with van der Waals surface area (Å²) in [6.45, 7) is 0.0877. The Morgan fingerprint density at radius 1 is 1.19 bits per heavy atom. The van der Waals surface area contributed by atoms with E-state index in [4.69, 9.17) is 9.66 Å². The quantitative estimate of drug-likeness (QED) is 0.613. The molecule has 2 saturated heterocycles. The highest BCUT2D eigenvalue weighted by atomic mass is 32.3. The predicted octanol–water partition coefficient (Wildman–Crippen LogP) is 0.326. The van der Waals surface area contributed by atoms with Crippen molar-refractivity contribution >= 4 is 34.0 Å². The van der Waals surface area contributed by atoms with Crippen molar-refractivity contribution in [3.8, 4) is 0 Å². The SMILES string of the molecule is O=C(O)c1ccc(NC(=O)[C@@H]2CC[C@@H]3CN2C(=O)N3OS(=O)(=O)O)cc1. The van der Waals surface area contributed by atoms with E-state index in [-0.39, 0.29) is 18.5 Å². The maximum absolute atomic E-state index is 12.5. The molecule has 1 aromatic rings. The van der Waals surface area contributed by atoms with Gasteiger partial charge in [-0.2, -0.15) is 13.5 Å². The number of aromatic carboxylic acids is 1. The van der Waals surface area contributed by atoms with Crippen LogP contribution in [0, 0.1) is 0 Å². The van der Waals surface area contributed by atoms with Gasteiger partial charge in [0.1, 0.15) is 6.04 Å². The minimum atomic E-state index is -4.85. The molecule has 0 aromatic heterocycles. The molecule has 2 aliphatic rings. The van der Waals surface area contributed by atoms with Crippen LogP contribution in [0.15, 0.2) is 24.3 Å². The number of carbonyl (C=O) groups is 3. The van der Waals surface area contributed by atoms with Crippen LogP contribution in [0.25, 0.3) is 0 Å². The molecule has 0 unspecified atom stereocenters. The van der Waals surface area contributed by atoms with Crippen LogP contribution in [0.5, 0.6) is 0 Å². The van der Waals surface area contributed by atoms with Crippen molar-refractivity contribution < 1.29 is 36.7 Å². The summed E-state index contributed by atoms with van der Waals surface area (Å²) >= 11 is 0. The van der Waals surface area contributed by atoms with Gasteiger partial charge >= 0.3 is 22.4 Å². The Hall–Kier alpha value is -2.70. The van der Waals surface area contributed by atoms with E-state index in [1.165, 1.54) is 29.2 Å². The number of carbonyl (C=O) groups excluding carboxylic acids is 2. The molecule has 2 heterocycles. The van der Waals surface area contributed by atoms with Crippen molar-refractivity contribution in [2.45, 2.75) is 24.9 Å². The van der Waals surface area contributed by atoms with Crippen molar-refractivity contribution in [2.24, 2.45) is 0 Å². The largest absolute Gasteiger partial charge is 0.478 e. The summed E-state index contributed by atoms with van der Waals surface area (Å²) in [5.74, 6) is -1.59. The number of nitrogens with zero attached hydrogens (tertiary/aromatic N) is 2. The number of urea groups is 1. The number of piperidine rings is 1. The van der Waals surface area contributed by atoms with Gasteiger partial charge in [0, 0.05) is 12.2 Å². The standard InChI is InChI=1S/C14H15N3O8S/c18-12(15-9-3-1-8(2-4-9)13(19)20)11-6-5-10-7-16(11)14(21)17(10)25-26(22,23)24/h1-4,10-11H,5-7H2,(H,15,18)(H,19,20)(H,22,23,24)/t10-,11+/m1/s1. The van der Waals surface area contributed by atoms with Gasteiger partial charge in [-0.25, -0.2) is 9.59 Å². The average Bonchev–Trinajstić information content (AvgIpc) is 2.79. The van der Waals surface area contributed by atoms with Crippen LogP contribution >= 0.6 is 0 Å². The van der Waals surface area contributed by atoms with Crippen molar-refractivity contribution in [3.63, 3.8) is 0 Å². The van der Waals surface area contributed by atoms with Gasteiger partial charge in [0.2, 0.25) is 5.91 Å². The second-order valence-corrected chi connectivity index (χ2v) is 6.89. The number of hydroxylamine groups is 2. The second kappa shape index (κ2) is 6.55. The molecule has 3 N–H and O–H groups in total. The number of hydrogen-bond acceptors (Lipinski definition) is 6. The molecule has 2 aliphatic heterocycles. The number of carboxylic acids is 1. The number of hydrogen-bond donors (Lipinski definition) is 3. The lowest BCUT2D eigenvalue weighted by Crippen LogP contribution is -2.47. The molecule has 0 saturated carbocycles. The smallest absolute Gasteiger partial charge is 0.418 e. The van der Waals surface area contributed by atoms with Crippen molar-refractivity contribution in [1.29, 1.82) is 0 Å².